The van der Waals surface area contributed by atoms with Crippen molar-refractivity contribution in [2.24, 2.45) is 5.92 Å². The maximum absolute atomic E-state index is 3.47. The van der Waals surface area contributed by atoms with E-state index < -0.39 is 0 Å². The predicted octanol–water partition coefficient (Wildman–Crippen LogP) is 1.36. The Labute approximate surface area is 100 Å². The molecule has 94 valence electrons. The van der Waals surface area contributed by atoms with Gasteiger partial charge in [-0.05, 0) is 65.3 Å². The van der Waals surface area contributed by atoms with E-state index >= 15 is 0 Å². The average Bonchev–Trinajstić information content (AvgIpc) is 2.29. The van der Waals surface area contributed by atoms with Crippen LogP contribution in [0.5, 0.6) is 0 Å². The fraction of sp³-hybridized carbons (Fsp3) is 1.00. The number of hydrogen-bond acceptors (Lipinski definition) is 3. The molecular formula is C13H27N3. The van der Waals surface area contributed by atoms with Crippen molar-refractivity contribution in [2.75, 3.05) is 33.7 Å². The highest BCUT2D eigenvalue weighted by Gasteiger charge is 2.34. The third kappa shape index (κ3) is 2.58. The zero-order valence-corrected chi connectivity index (χ0v) is 11.1. The first-order valence-corrected chi connectivity index (χ1v) is 6.83. The molecule has 2 aliphatic rings. The minimum atomic E-state index is 0.664. The SMILES string of the molecule is CC1CCCN(C2CCNCC2)C1N(C)C. The van der Waals surface area contributed by atoms with Gasteiger partial charge in [0.1, 0.15) is 0 Å². The monoisotopic (exact) mass is 225 g/mol. The molecule has 1 N–H and O–H groups in total. The van der Waals surface area contributed by atoms with E-state index in [0.29, 0.717) is 6.17 Å². The van der Waals surface area contributed by atoms with E-state index in [2.05, 4.69) is 36.1 Å². The second-order valence-corrected chi connectivity index (χ2v) is 5.72. The molecule has 0 amide bonds. The van der Waals surface area contributed by atoms with E-state index in [9.17, 15) is 0 Å². The zero-order valence-electron chi connectivity index (χ0n) is 11.1. The summed E-state index contributed by atoms with van der Waals surface area (Å²) in [4.78, 5) is 5.20. The molecule has 0 aromatic rings. The summed E-state index contributed by atoms with van der Waals surface area (Å²) in [5.74, 6) is 0.818. The van der Waals surface area contributed by atoms with Crippen LogP contribution in [0.2, 0.25) is 0 Å². The largest absolute Gasteiger partial charge is 0.317 e. The van der Waals surface area contributed by atoms with Crippen molar-refractivity contribution in [3.05, 3.63) is 0 Å². The van der Waals surface area contributed by atoms with Crippen molar-refractivity contribution in [3.63, 3.8) is 0 Å². The van der Waals surface area contributed by atoms with Crippen LogP contribution in [0.1, 0.15) is 32.6 Å². The van der Waals surface area contributed by atoms with Crippen LogP contribution in [-0.2, 0) is 0 Å². The van der Waals surface area contributed by atoms with Crippen LogP contribution in [0.4, 0.5) is 0 Å². The van der Waals surface area contributed by atoms with Crippen LogP contribution in [0.25, 0.3) is 0 Å². The minimum absolute atomic E-state index is 0.664. The van der Waals surface area contributed by atoms with Gasteiger partial charge in [-0.15, -0.1) is 0 Å². The second kappa shape index (κ2) is 5.48. The first kappa shape index (κ1) is 12.3. The molecule has 0 aromatic heterocycles. The summed E-state index contributed by atoms with van der Waals surface area (Å²) in [6.07, 6.45) is 6.10. The Kier molecular flexibility index (Phi) is 4.22. The molecule has 3 nitrogen and oxygen atoms in total. The maximum Gasteiger partial charge on any atom is 0.0646 e. The Bertz CT molecular complexity index is 211. The number of piperidine rings is 2. The van der Waals surface area contributed by atoms with Crippen molar-refractivity contribution >= 4 is 0 Å². The van der Waals surface area contributed by atoms with Gasteiger partial charge in [-0.25, -0.2) is 0 Å². The highest BCUT2D eigenvalue weighted by Crippen LogP contribution is 2.28. The van der Waals surface area contributed by atoms with Gasteiger partial charge in [0.25, 0.3) is 0 Å². The molecular weight excluding hydrogens is 198 g/mol. The Morgan fingerprint density at radius 1 is 1.12 bits per heavy atom. The van der Waals surface area contributed by atoms with Crippen LogP contribution < -0.4 is 5.32 Å². The van der Waals surface area contributed by atoms with Gasteiger partial charge in [0.15, 0.2) is 0 Å². The molecule has 0 aromatic carbocycles. The maximum atomic E-state index is 3.47. The summed E-state index contributed by atoms with van der Waals surface area (Å²) < 4.78 is 0. The van der Waals surface area contributed by atoms with Gasteiger partial charge in [0.05, 0.1) is 6.17 Å². The third-order valence-corrected chi connectivity index (χ3v) is 4.23. The van der Waals surface area contributed by atoms with Gasteiger partial charge in [-0.3, -0.25) is 9.80 Å². The lowest BCUT2D eigenvalue weighted by Crippen LogP contribution is -2.57. The fourth-order valence-corrected chi connectivity index (χ4v) is 3.55. The van der Waals surface area contributed by atoms with Crippen molar-refractivity contribution < 1.29 is 0 Å². The normalized spacial score (nSPS) is 34.5. The minimum Gasteiger partial charge on any atom is -0.317 e. The summed E-state index contributed by atoms with van der Waals surface area (Å²) >= 11 is 0. The summed E-state index contributed by atoms with van der Waals surface area (Å²) in [6, 6.07) is 0.816. The molecule has 0 spiro atoms. The lowest BCUT2D eigenvalue weighted by atomic mass is 9.91. The van der Waals surface area contributed by atoms with Crippen LogP contribution in [-0.4, -0.2) is 55.7 Å². The van der Waals surface area contributed by atoms with Gasteiger partial charge >= 0.3 is 0 Å². The van der Waals surface area contributed by atoms with E-state index in [1.807, 2.05) is 0 Å². The molecule has 0 bridgehead atoms. The summed E-state index contributed by atoms with van der Waals surface area (Å²) in [5, 5.41) is 3.47. The lowest BCUT2D eigenvalue weighted by Gasteiger charge is -2.48. The molecule has 2 fully saturated rings. The van der Waals surface area contributed by atoms with Gasteiger partial charge in [0.2, 0.25) is 0 Å². The molecule has 0 saturated carbocycles. The molecule has 2 heterocycles. The topological polar surface area (TPSA) is 18.5 Å². The Hall–Kier alpha value is -0.120. The highest BCUT2D eigenvalue weighted by molar-refractivity contribution is 4.87. The zero-order chi connectivity index (χ0) is 11.5. The lowest BCUT2D eigenvalue weighted by molar-refractivity contribution is -0.0312. The molecule has 16 heavy (non-hydrogen) atoms. The third-order valence-electron chi connectivity index (χ3n) is 4.23. The molecule has 2 saturated heterocycles. The number of nitrogens with zero attached hydrogens (tertiary/aromatic N) is 2. The molecule has 2 unspecified atom stereocenters. The van der Waals surface area contributed by atoms with E-state index in [-0.39, 0.29) is 0 Å². The van der Waals surface area contributed by atoms with Crippen molar-refractivity contribution in [3.8, 4) is 0 Å². The summed E-state index contributed by atoms with van der Waals surface area (Å²) in [6.45, 7) is 6.13. The van der Waals surface area contributed by atoms with Gasteiger partial charge < -0.3 is 5.32 Å². The van der Waals surface area contributed by atoms with Crippen molar-refractivity contribution in [1.82, 2.24) is 15.1 Å². The molecule has 2 aliphatic heterocycles. The fourth-order valence-electron chi connectivity index (χ4n) is 3.55. The van der Waals surface area contributed by atoms with Crippen LogP contribution in [0.15, 0.2) is 0 Å². The van der Waals surface area contributed by atoms with E-state index in [1.54, 1.807) is 0 Å². The van der Waals surface area contributed by atoms with Crippen LogP contribution >= 0.6 is 0 Å². The molecule has 2 atom stereocenters. The van der Waals surface area contributed by atoms with E-state index in [1.165, 1.54) is 45.3 Å². The van der Waals surface area contributed by atoms with Crippen molar-refractivity contribution in [1.29, 1.82) is 0 Å². The van der Waals surface area contributed by atoms with Gasteiger partial charge in [-0.1, -0.05) is 6.92 Å². The molecule has 0 aliphatic carbocycles. The van der Waals surface area contributed by atoms with Crippen molar-refractivity contribution in [2.45, 2.75) is 44.8 Å². The van der Waals surface area contributed by atoms with Gasteiger partial charge in [0, 0.05) is 6.04 Å². The molecule has 0 radical (unpaired) electrons. The first-order chi connectivity index (χ1) is 7.70. The highest BCUT2D eigenvalue weighted by atomic mass is 15.4. The average molecular weight is 225 g/mol. The number of hydrogen-bond donors (Lipinski definition) is 1. The Morgan fingerprint density at radius 2 is 1.81 bits per heavy atom. The molecule has 3 heteroatoms. The summed E-state index contributed by atoms with van der Waals surface area (Å²) in [5.41, 5.74) is 0. The first-order valence-electron chi connectivity index (χ1n) is 6.83. The summed E-state index contributed by atoms with van der Waals surface area (Å²) in [7, 11) is 4.47. The standard InChI is InChI=1S/C13H27N3/c1-11-5-4-10-16(13(11)15(2)3)12-6-8-14-9-7-12/h11-14H,4-10H2,1-3H3. The van der Waals surface area contributed by atoms with E-state index in [4.69, 9.17) is 0 Å². The van der Waals surface area contributed by atoms with Crippen LogP contribution in [0.3, 0.4) is 0 Å². The Balaban J connectivity index is 2.03. The number of nitrogens with one attached hydrogen (secondary N) is 1. The number of likely N-dealkylation sites (tertiary alicyclic amines) is 1. The second-order valence-electron chi connectivity index (χ2n) is 5.72. The predicted molar refractivity (Wildman–Crippen MR) is 68.5 cm³/mol. The van der Waals surface area contributed by atoms with Gasteiger partial charge in [-0.2, -0.15) is 0 Å². The van der Waals surface area contributed by atoms with Crippen LogP contribution in [0, 0.1) is 5.92 Å². The Morgan fingerprint density at radius 3 is 2.44 bits per heavy atom. The van der Waals surface area contributed by atoms with E-state index in [0.717, 1.165) is 12.0 Å². The molecule has 2 rings (SSSR count). The number of rotatable bonds is 2. The smallest absolute Gasteiger partial charge is 0.0646 e. The quantitative estimate of drug-likeness (QED) is 0.765.